The number of para-hydroxylation sites is 1. The number of piperazine rings is 1. The lowest BCUT2D eigenvalue weighted by Gasteiger charge is -2.37. The molecule has 1 aromatic rings. The highest BCUT2D eigenvalue weighted by Gasteiger charge is 2.32. The number of rotatable bonds is 5. The topological polar surface area (TPSA) is 55.9 Å². The summed E-state index contributed by atoms with van der Waals surface area (Å²) in [7, 11) is 3.81. The van der Waals surface area contributed by atoms with Crippen LogP contribution < -0.4 is 10.2 Å². The van der Waals surface area contributed by atoms with Gasteiger partial charge in [0.2, 0.25) is 5.91 Å². The molecule has 0 radical (unpaired) electrons. The molecule has 3 amide bonds. The molecule has 1 unspecified atom stereocenters. The van der Waals surface area contributed by atoms with Crippen molar-refractivity contribution < 1.29 is 9.59 Å². The van der Waals surface area contributed by atoms with Gasteiger partial charge in [-0.2, -0.15) is 0 Å². The Morgan fingerprint density at radius 2 is 2.00 bits per heavy atom. The molecule has 1 aromatic carbocycles. The van der Waals surface area contributed by atoms with Crippen molar-refractivity contribution in [3.63, 3.8) is 0 Å². The average molecular weight is 318 g/mol. The van der Waals surface area contributed by atoms with Crippen molar-refractivity contribution in [1.29, 1.82) is 0 Å². The third-order valence-corrected chi connectivity index (χ3v) is 4.28. The van der Waals surface area contributed by atoms with Crippen LogP contribution in [-0.2, 0) is 4.79 Å². The van der Waals surface area contributed by atoms with Gasteiger partial charge in [-0.1, -0.05) is 18.2 Å². The molecule has 1 aliphatic heterocycles. The van der Waals surface area contributed by atoms with E-state index in [2.05, 4.69) is 22.3 Å². The molecule has 1 N–H and O–H groups in total. The summed E-state index contributed by atoms with van der Waals surface area (Å²) in [6.45, 7) is 4.41. The van der Waals surface area contributed by atoms with Gasteiger partial charge in [0.25, 0.3) is 0 Å². The highest BCUT2D eigenvalue weighted by atomic mass is 16.2. The van der Waals surface area contributed by atoms with Crippen LogP contribution in [-0.4, -0.2) is 68.1 Å². The molecule has 1 aliphatic rings. The van der Waals surface area contributed by atoms with Crippen LogP contribution in [0.15, 0.2) is 30.3 Å². The van der Waals surface area contributed by atoms with Crippen molar-refractivity contribution in [3.05, 3.63) is 30.3 Å². The highest BCUT2D eigenvalue weighted by molar-refractivity contribution is 5.87. The van der Waals surface area contributed by atoms with E-state index in [0.29, 0.717) is 19.6 Å². The predicted octanol–water partition coefficient (Wildman–Crippen LogP) is 1.39. The number of amides is 3. The Labute approximate surface area is 138 Å². The van der Waals surface area contributed by atoms with Gasteiger partial charge in [-0.3, -0.25) is 4.79 Å². The van der Waals surface area contributed by atoms with Crippen LogP contribution >= 0.6 is 0 Å². The molecule has 1 fully saturated rings. The lowest BCUT2D eigenvalue weighted by molar-refractivity contribution is -0.137. The van der Waals surface area contributed by atoms with Crippen molar-refractivity contribution in [3.8, 4) is 0 Å². The first-order valence-electron chi connectivity index (χ1n) is 8.06. The van der Waals surface area contributed by atoms with Crippen LogP contribution in [0.3, 0.4) is 0 Å². The molecular weight excluding hydrogens is 292 g/mol. The van der Waals surface area contributed by atoms with E-state index in [1.807, 2.05) is 25.2 Å². The summed E-state index contributed by atoms with van der Waals surface area (Å²) in [4.78, 5) is 29.6. The van der Waals surface area contributed by atoms with E-state index in [1.54, 1.807) is 23.8 Å². The van der Waals surface area contributed by atoms with Crippen LogP contribution in [0.5, 0.6) is 0 Å². The monoisotopic (exact) mass is 318 g/mol. The normalized spacial score (nSPS) is 18.0. The Balaban J connectivity index is 1.72. The summed E-state index contributed by atoms with van der Waals surface area (Å²) in [5, 5.41) is 2.91. The second-order valence-electron chi connectivity index (χ2n) is 5.97. The van der Waals surface area contributed by atoms with E-state index < -0.39 is 0 Å². The van der Waals surface area contributed by atoms with Crippen molar-refractivity contribution >= 4 is 17.6 Å². The highest BCUT2D eigenvalue weighted by Crippen LogP contribution is 2.11. The van der Waals surface area contributed by atoms with Gasteiger partial charge in [0, 0.05) is 46.0 Å². The summed E-state index contributed by atoms with van der Waals surface area (Å²) in [6.07, 6.45) is 0.854. The SMILES string of the molecule is CC1C(=O)N(C)CCN1C(=O)NCCCN(C)c1ccccc1. The molecular formula is C17H26N4O2. The number of urea groups is 1. The number of hydrogen-bond acceptors (Lipinski definition) is 3. The van der Waals surface area contributed by atoms with Gasteiger partial charge in [0.1, 0.15) is 6.04 Å². The third-order valence-electron chi connectivity index (χ3n) is 4.28. The van der Waals surface area contributed by atoms with Crippen molar-refractivity contribution in [2.45, 2.75) is 19.4 Å². The lowest BCUT2D eigenvalue weighted by atomic mass is 10.2. The largest absolute Gasteiger partial charge is 0.375 e. The Morgan fingerprint density at radius 1 is 1.30 bits per heavy atom. The summed E-state index contributed by atoms with van der Waals surface area (Å²) in [5.41, 5.74) is 1.16. The zero-order valence-corrected chi connectivity index (χ0v) is 14.2. The minimum absolute atomic E-state index is 0.00443. The molecule has 0 aromatic heterocycles. The standard InChI is InChI=1S/C17H26N4O2/c1-14-16(22)20(3)12-13-21(14)17(23)18-10-7-11-19(2)15-8-5-4-6-9-15/h4-6,8-9,14H,7,10-13H2,1-3H3,(H,18,23). The van der Waals surface area contributed by atoms with E-state index in [4.69, 9.17) is 0 Å². The molecule has 6 nitrogen and oxygen atoms in total. The maximum atomic E-state index is 12.2. The number of likely N-dealkylation sites (N-methyl/N-ethyl adjacent to an activating group) is 1. The minimum Gasteiger partial charge on any atom is -0.375 e. The molecule has 1 saturated heterocycles. The molecule has 2 rings (SSSR count). The van der Waals surface area contributed by atoms with Gasteiger partial charge in [-0.15, -0.1) is 0 Å². The quantitative estimate of drug-likeness (QED) is 0.835. The summed E-state index contributed by atoms with van der Waals surface area (Å²) in [5.74, 6) is -0.00443. The van der Waals surface area contributed by atoms with E-state index in [9.17, 15) is 9.59 Å². The summed E-state index contributed by atoms with van der Waals surface area (Å²) >= 11 is 0. The van der Waals surface area contributed by atoms with E-state index in [-0.39, 0.29) is 18.0 Å². The summed E-state index contributed by atoms with van der Waals surface area (Å²) in [6, 6.07) is 9.61. The predicted molar refractivity (Wildman–Crippen MR) is 91.5 cm³/mol. The number of nitrogens with one attached hydrogen (secondary N) is 1. The van der Waals surface area contributed by atoms with E-state index in [1.165, 1.54) is 0 Å². The second-order valence-corrected chi connectivity index (χ2v) is 5.97. The average Bonchev–Trinajstić information content (AvgIpc) is 2.57. The van der Waals surface area contributed by atoms with Gasteiger partial charge >= 0.3 is 6.03 Å². The van der Waals surface area contributed by atoms with Crippen molar-refractivity contribution in [2.24, 2.45) is 0 Å². The third kappa shape index (κ3) is 4.37. The first-order chi connectivity index (χ1) is 11.0. The van der Waals surface area contributed by atoms with Gasteiger partial charge < -0.3 is 20.0 Å². The Hall–Kier alpha value is -2.24. The fourth-order valence-electron chi connectivity index (χ4n) is 2.72. The Morgan fingerprint density at radius 3 is 2.70 bits per heavy atom. The maximum absolute atomic E-state index is 12.2. The van der Waals surface area contributed by atoms with Crippen LogP contribution in [0.1, 0.15) is 13.3 Å². The zero-order chi connectivity index (χ0) is 16.8. The molecule has 1 heterocycles. The molecule has 0 spiro atoms. The van der Waals surface area contributed by atoms with E-state index in [0.717, 1.165) is 18.7 Å². The zero-order valence-electron chi connectivity index (χ0n) is 14.2. The van der Waals surface area contributed by atoms with Gasteiger partial charge in [-0.25, -0.2) is 4.79 Å². The Kier molecular flexibility index (Phi) is 5.84. The molecule has 0 bridgehead atoms. The molecule has 23 heavy (non-hydrogen) atoms. The Bertz CT molecular complexity index is 535. The van der Waals surface area contributed by atoms with Gasteiger partial charge in [0.15, 0.2) is 0 Å². The van der Waals surface area contributed by atoms with Crippen LogP contribution in [0.2, 0.25) is 0 Å². The van der Waals surface area contributed by atoms with Crippen LogP contribution in [0.4, 0.5) is 10.5 Å². The number of benzene rings is 1. The molecule has 1 atom stereocenters. The smallest absolute Gasteiger partial charge is 0.318 e. The van der Waals surface area contributed by atoms with Gasteiger partial charge in [-0.05, 0) is 25.5 Å². The fourth-order valence-corrected chi connectivity index (χ4v) is 2.72. The molecule has 0 aliphatic carbocycles. The number of anilines is 1. The van der Waals surface area contributed by atoms with Crippen molar-refractivity contribution in [2.75, 3.05) is 45.2 Å². The number of carbonyl (C=O) groups excluding carboxylic acids is 2. The molecule has 6 heteroatoms. The fraction of sp³-hybridized carbons (Fsp3) is 0.529. The lowest BCUT2D eigenvalue weighted by Crippen LogP contribution is -2.58. The summed E-state index contributed by atoms with van der Waals surface area (Å²) < 4.78 is 0. The number of nitrogens with zero attached hydrogens (tertiary/aromatic N) is 3. The van der Waals surface area contributed by atoms with Crippen LogP contribution in [0.25, 0.3) is 0 Å². The van der Waals surface area contributed by atoms with Gasteiger partial charge in [0.05, 0.1) is 0 Å². The number of carbonyl (C=O) groups is 2. The maximum Gasteiger partial charge on any atom is 0.318 e. The second kappa shape index (κ2) is 7.85. The number of hydrogen-bond donors (Lipinski definition) is 1. The molecule has 126 valence electrons. The molecule has 0 saturated carbocycles. The first kappa shape index (κ1) is 17.1. The van der Waals surface area contributed by atoms with Crippen molar-refractivity contribution in [1.82, 2.24) is 15.1 Å². The van der Waals surface area contributed by atoms with Crippen LogP contribution in [0, 0.1) is 0 Å². The van der Waals surface area contributed by atoms with E-state index >= 15 is 0 Å². The first-order valence-corrected chi connectivity index (χ1v) is 8.06. The minimum atomic E-state index is -0.388.